The van der Waals surface area contributed by atoms with Gasteiger partial charge in [-0.1, -0.05) is 0 Å². The Morgan fingerprint density at radius 1 is 1.33 bits per heavy atom. The van der Waals surface area contributed by atoms with Gasteiger partial charge >= 0.3 is 5.97 Å². The second kappa shape index (κ2) is 7.45. The molecular formula is C15H18FNO3S. The molecule has 114 valence electrons. The maximum absolute atomic E-state index is 12.8. The van der Waals surface area contributed by atoms with Crippen LogP contribution in [0.15, 0.2) is 29.2 Å². The van der Waals surface area contributed by atoms with Crippen molar-refractivity contribution >= 4 is 23.6 Å². The number of amides is 1. The van der Waals surface area contributed by atoms with Crippen molar-refractivity contribution in [3.05, 3.63) is 30.1 Å². The van der Waals surface area contributed by atoms with Crippen LogP contribution in [0, 0.1) is 11.7 Å². The van der Waals surface area contributed by atoms with Crippen LogP contribution in [0.3, 0.4) is 0 Å². The number of hydrogen-bond acceptors (Lipinski definition) is 3. The highest BCUT2D eigenvalue weighted by Gasteiger charge is 2.27. The number of carboxylic acid groups (broad SMARTS) is 1. The molecule has 1 amide bonds. The Hall–Kier alpha value is -1.56. The van der Waals surface area contributed by atoms with E-state index in [1.807, 2.05) is 0 Å². The molecular weight excluding hydrogens is 293 g/mol. The number of thioether (sulfide) groups is 1. The van der Waals surface area contributed by atoms with Gasteiger partial charge < -0.3 is 10.0 Å². The number of halogens is 1. The van der Waals surface area contributed by atoms with Gasteiger partial charge in [0.15, 0.2) is 0 Å². The lowest BCUT2D eigenvalue weighted by Crippen LogP contribution is -2.29. The Morgan fingerprint density at radius 2 is 2.05 bits per heavy atom. The van der Waals surface area contributed by atoms with Gasteiger partial charge in [0.1, 0.15) is 5.82 Å². The number of aliphatic carboxylic acids is 1. The summed E-state index contributed by atoms with van der Waals surface area (Å²) in [5, 5.41) is 8.75. The maximum atomic E-state index is 12.8. The summed E-state index contributed by atoms with van der Waals surface area (Å²) in [5.41, 5.74) is 0. The Morgan fingerprint density at radius 3 is 2.71 bits per heavy atom. The molecule has 0 bridgehead atoms. The van der Waals surface area contributed by atoms with Crippen molar-refractivity contribution in [3.63, 3.8) is 0 Å². The average Bonchev–Trinajstić information content (AvgIpc) is 2.88. The van der Waals surface area contributed by atoms with Gasteiger partial charge in [0.05, 0.1) is 0 Å². The van der Waals surface area contributed by atoms with Gasteiger partial charge in [-0.05, 0) is 36.6 Å². The predicted octanol–water partition coefficient (Wildman–Crippen LogP) is 2.63. The second-order valence-electron chi connectivity index (χ2n) is 5.14. The molecule has 21 heavy (non-hydrogen) atoms. The summed E-state index contributed by atoms with van der Waals surface area (Å²) in [6.07, 6.45) is 1.32. The summed E-state index contributed by atoms with van der Waals surface area (Å²) < 4.78 is 12.8. The number of carboxylic acids is 1. The minimum Gasteiger partial charge on any atom is -0.481 e. The van der Waals surface area contributed by atoms with Crippen molar-refractivity contribution in [1.29, 1.82) is 0 Å². The largest absolute Gasteiger partial charge is 0.481 e. The highest BCUT2D eigenvalue weighted by atomic mass is 32.2. The quantitative estimate of drug-likeness (QED) is 0.821. The predicted molar refractivity (Wildman–Crippen MR) is 78.7 cm³/mol. The highest BCUT2D eigenvalue weighted by molar-refractivity contribution is 7.99. The van der Waals surface area contributed by atoms with Gasteiger partial charge in [0.2, 0.25) is 5.91 Å². The van der Waals surface area contributed by atoms with Crippen LogP contribution in [0.5, 0.6) is 0 Å². The molecule has 1 aliphatic rings. The molecule has 1 N–H and O–H groups in total. The van der Waals surface area contributed by atoms with E-state index in [0.717, 1.165) is 11.3 Å². The third-order valence-corrected chi connectivity index (χ3v) is 4.51. The van der Waals surface area contributed by atoms with Crippen LogP contribution in [-0.4, -0.2) is 40.7 Å². The standard InChI is InChI=1S/C15H18FNO3S/c16-12-1-3-13(4-2-12)21-8-6-14(18)17-7-5-11(10-17)9-15(19)20/h1-4,11H,5-10H2,(H,19,20). The lowest BCUT2D eigenvalue weighted by molar-refractivity contribution is -0.138. The van der Waals surface area contributed by atoms with Gasteiger partial charge in [-0.2, -0.15) is 0 Å². The Kier molecular flexibility index (Phi) is 5.61. The molecule has 6 heteroatoms. The van der Waals surface area contributed by atoms with E-state index in [4.69, 9.17) is 5.11 Å². The molecule has 1 aliphatic heterocycles. The van der Waals surface area contributed by atoms with Crippen LogP contribution >= 0.6 is 11.8 Å². The zero-order chi connectivity index (χ0) is 15.2. The SMILES string of the molecule is O=C(O)CC1CCN(C(=O)CCSc2ccc(F)cc2)C1. The normalized spacial score (nSPS) is 18.0. The molecule has 2 rings (SSSR count). The number of carbonyl (C=O) groups is 2. The van der Waals surface area contributed by atoms with Crippen molar-refractivity contribution in [2.24, 2.45) is 5.92 Å². The third-order valence-electron chi connectivity index (χ3n) is 3.50. The molecule has 0 saturated carbocycles. The van der Waals surface area contributed by atoms with Gasteiger partial charge in [-0.3, -0.25) is 9.59 Å². The first-order valence-electron chi connectivity index (χ1n) is 6.92. The van der Waals surface area contributed by atoms with E-state index in [0.29, 0.717) is 25.3 Å². The zero-order valence-electron chi connectivity index (χ0n) is 11.6. The monoisotopic (exact) mass is 311 g/mol. The maximum Gasteiger partial charge on any atom is 0.303 e. The van der Waals surface area contributed by atoms with E-state index in [2.05, 4.69) is 0 Å². The lowest BCUT2D eigenvalue weighted by Gasteiger charge is -2.16. The molecule has 1 fully saturated rings. The lowest BCUT2D eigenvalue weighted by atomic mass is 10.1. The van der Waals surface area contributed by atoms with Gasteiger partial charge in [0, 0.05) is 36.6 Å². The number of benzene rings is 1. The van der Waals surface area contributed by atoms with Crippen molar-refractivity contribution in [3.8, 4) is 0 Å². The fourth-order valence-electron chi connectivity index (χ4n) is 2.42. The summed E-state index contributed by atoms with van der Waals surface area (Å²) in [7, 11) is 0. The summed E-state index contributed by atoms with van der Waals surface area (Å²) in [6, 6.07) is 6.20. The van der Waals surface area contributed by atoms with E-state index in [-0.39, 0.29) is 24.1 Å². The Labute approximate surface area is 127 Å². The van der Waals surface area contributed by atoms with E-state index < -0.39 is 5.97 Å². The van der Waals surface area contributed by atoms with Crippen molar-refractivity contribution < 1.29 is 19.1 Å². The van der Waals surface area contributed by atoms with E-state index in [1.165, 1.54) is 23.9 Å². The van der Waals surface area contributed by atoms with E-state index in [9.17, 15) is 14.0 Å². The van der Waals surface area contributed by atoms with Crippen molar-refractivity contribution in [2.75, 3.05) is 18.8 Å². The molecule has 1 heterocycles. The third kappa shape index (κ3) is 5.04. The average molecular weight is 311 g/mol. The van der Waals surface area contributed by atoms with Crippen LogP contribution in [0.1, 0.15) is 19.3 Å². The molecule has 4 nitrogen and oxygen atoms in total. The smallest absolute Gasteiger partial charge is 0.303 e. The number of carbonyl (C=O) groups excluding carboxylic acids is 1. The molecule has 1 saturated heterocycles. The van der Waals surface area contributed by atoms with Gasteiger partial charge in [0.25, 0.3) is 0 Å². The van der Waals surface area contributed by atoms with Crippen molar-refractivity contribution in [2.45, 2.75) is 24.2 Å². The van der Waals surface area contributed by atoms with Crippen LogP contribution in [-0.2, 0) is 9.59 Å². The van der Waals surface area contributed by atoms with Crippen LogP contribution in [0.25, 0.3) is 0 Å². The highest BCUT2D eigenvalue weighted by Crippen LogP contribution is 2.22. The molecule has 0 spiro atoms. The van der Waals surface area contributed by atoms with E-state index >= 15 is 0 Å². The first kappa shape index (κ1) is 15.8. The first-order valence-corrected chi connectivity index (χ1v) is 7.91. The number of hydrogen-bond donors (Lipinski definition) is 1. The van der Waals surface area contributed by atoms with Crippen LogP contribution < -0.4 is 0 Å². The fourth-order valence-corrected chi connectivity index (χ4v) is 3.26. The fraction of sp³-hybridized carbons (Fsp3) is 0.467. The Balaban J connectivity index is 1.70. The molecule has 1 aromatic rings. The molecule has 1 unspecified atom stereocenters. The Bertz CT molecular complexity index is 506. The molecule has 0 aliphatic carbocycles. The molecule has 0 radical (unpaired) electrons. The number of rotatable bonds is 6. The minimum atomic E-state index is -0.804. The minimum absolute atomic E-state index is 0.0671. The number of likely N-dealkylation sites (tertiary alicyclic amines) is 1. The van der Waals surface area contributed by atoms with Gasteiger partial charge in [-0.15, -0.1) is 11.8 Å². The summed E-state index contributed by atoms with van der Waals surface area (Å²) in [6.45, 7) is 1.20. The van der Waals surface area contributed by atoms with E-state index in [1.54, 1.807) is 17.0 Å². The number of nitrogens with zero attached hydrogens (tertiary/aromatic N) is 1. The van der Waals surface area contributed by atoms with Crippen LogP contribution in [0.2, 0.25) is 0 Å². The molecule has 1 aromatic carbocycles. The molecule has 1 atom stereocenters. The zero-order valence-corrected chi connectivity index (χ0v) is 12.4. The summed E-state index contributed by atoms with van der Waals surface area (Å²) >= 11 is 1.52. The van der Waals surface area contributed by atoms with Gasteiger partial charge in [-0.25, -0.2) is 4.39 Å². The topological polar surface area (TPSA) is 57.6 Å². The summed E-state index contributed by atoms with van der Waals surface area (Å²) in [4.78, 5) is 25.4. The first-order chi connectivity index (χ1) is 10.0. The van der Waals surface area contributed by atoms with Crippen molar-refractivity contribution in [1.82, 2.24) is 4.90 Å². The second-order valence-corrected chi connectivity index (χ2v) is 6.31. The molecule has 0 aromatic heterocycles. The van der Waals surface area contributed by atoms with Crippen LogP contribution in [0.4, 0.5) is 4.39 Å². The summed E-state index contributed by atoms with van der Waals surface area (Å²) in [5.74, 6) is -0.281.